The summed E-state index contributed by atoms with van der Waals surface area (Å²) in [5.41, 5.74) is 2.82. The zero-order chi connectivity index (χ0) is 15.5. The predicted octanol–water partition coefficient (Wildman–Crippen LogP) is 5.80. The Morgan fingerprint density at radius 1 is 1.05 bits per heavy atom. The first-order valence-electron chi connectivity index (χ1n) is 7.11. The Kier molecular flexibility index (Phi) is 5.53. The van der Waals surface area contributed by atoms with Gasteiger partial charge in [-0.3, -0.25) is 0 Å². The van der Waals surface area contributed by atoms with Crippen LogP contribution in [0.15, 0.2) is 56.7 Å². The van der Waals surface area contributed by atoms with E-state index in [0.29, 0.717) is 0 Å². The van der Waals surface area contributed by atoms with Gasteiger partial charge in [0.05, 0.1) is 0 Å². The van der Waals surface area contributed by atoms with E-state index in [1.54, 1.807) is 0 Å². The van der Waals surface area contributed by atoms with E-state index in [2.05, 4.69) is 91.4 Å². The van der Waals surface area contributed by atoms with Crippen LogP contribution in [0.5, 0.6) is 0 Å². The molecular formula is C18H22BrNS. The van der Waals surface area contributed by atoms with Gasteiger partial charge in [-0.25, -0.2) is 0 Å². The number of halogens is 1. The molecule has 2 rings (SSSR count). The monoisotopic (exact) mass is 363 g/mol. The van der Waals surface area contributed by atoms with Gasteiger partial charge in [-0.1, -0.05) is 39.8 Å². The van der Waals surface area contributed by atoms with E-state index >= 15 is 0 Å². The second-order valence-corrected chi connectivity index (χ2v) is 8.29. The van der Waals surface area contributed by atoms with Gasteiger partial charge in [0.1, 0.15) is 0 Å². The summed E-state index contributed by atoms with van der Waals surface area (Å²) in [4.78, 5) is 2.58. The molecule has 0 fully saturated rings. The first-order valence-corrected chi connectivity index (χ1v) is 8.72. The second-order valence-electron chi connectivity index (χ2n) is 6.26. The standard InChI is InChI=1S/C18H22BrNS/c1-13-11-14(12-20-18(2,3)4)5-10-17(13)21-16-8-6-15(19)7-9-16/h5-11,20H,12H2,1-4H3. The molecule has 0 aliphatic rings. The summed E-state index contributed by atoms with van der Waals surface area (Å²) in [6.45, 7) is 9.67. The summed E-state index contributed by atoms with van der Waals surface area (Å²) in [6, 6.07) is 15.2. The highest BCUT2D eigenvalue weighted by Crippen LogP contribution is 2.31. The average molecular weight is 364 g/mol. The fourth-order valence-corrected chi connectivity index (χ4v) is 3.08. The number of rotatable bonds is 4. The van der Waals surface area contributed by atoms with Crippen LogP contribution in [0.4, 0.5) is 0 Å². The molecule has 112 valence electrons. The molecule has 0 aromatic heterocycles. The molecule has 0 saturated heterocycles. The van der Waals surface area contributed by atoms with Crippen molar-refractivity contribution in [3.05, 3.63) is 58.1 Å². The van der Waals surface area contributed by atoms with Crippen LogP contribution in [-0.4, -0.2) is 5.54 Å². The molecule has 0 amide bonds. The molecule has 0 aliphatic heterocycles. The normalized spacial score (nSPS) is 11.7. The third kappa shape index (κ3) is 5.50. The summed E-state index contributed by atoms with van der Waals surface area (Å²) in [7, 11) is 0. The Bertz CT molecular complexity index is 600. The first kappa shape index (κ1) is 16.6. The molecule has 1 N–H and O–H groups in total. The van der Waals surface area contributed by atoms with E-state index in [4.69, 9.17) is 0 Å². The molecule has 1 nitrogen and oxygen atoms in total. The molecule has 2 aromatic carbocycles. The fourth-order valence-electron chi connectivity index (χ4n) is 1.93. The van der Waals surface area contributed by atoms with Gasteiger partial charge >= 0.3 is 0 Å². The van der Waals surface area contributed by atoms with Gasteiger partial charge in [0.15, 0.2) is 0 Å². The van der Waals surface area contributed by atoms with Crippen LogP contribution in [0.3, 0.4) is 0 Å². The van der Waals surface area contributed by atoms with Crippen LogP contribution in [0, 0.1) is 6.92 Å². The lowest BCUT2D eigenvalue weighted by Gasteiger charge is -2.21. The summed E-state index contributed by atoms with van der Waals surface area (Å²) < 4.78 is 1.12. The molecule has 0 radical (unpaired) electrons. The third-order valence-electron chi connectivity index (χ3n) is 3.10. The van der Waals surface area contributed by atoms with Gasteiger partial charge in [0.2, 0.25) is 0 Å². The van der Waals surface area contributed by atoms with E-state index in [1.807, 2.05) is 11.8 Å². The molecule has 0 spiro atoms. The Balaban J connectivity index is 2.07. The summed E-state index contributed by atoms with van der Waals surface area (Å²) >= 11 is 5.29. The van der Waals surface area contributed by atoms with Crippen LogP contribution in [0.25, 0.3) is 0 Å². The topological polar surface area (TPSA) is 12.0 Å². The predicted molar refractivity (Wildman–Crippen MR) is 96.0 cm³/mol. The minimum atomic E-state index is 0.152. The van der Waals surface area contributed by atoms with E-state index < -0.39 is 0 Å². The molecular weight excluding hydrogens is 342 g/mol. The zero-order valence-electron chi connectivity index (χ0n) is 13.0. The van der Waals surface area contributed by atoms with Crippen LogP contribution >= 0.6 is 27.7 Å². The van der Waals surface area contributed by atoms with Crippen LogP contribution in [0.2, 0.25) is 0 Å². The van der Waals surface area contributed by atoms with Crippen molar-refractivity contribution in [2.45, 2.75) is 49.6 Å². The number of hydrogen-bond donors (Lipinski definition) is 1. The van der Waals surface area contributed by atoms with E-state index in [-0.39, 0.29) is 5.54 Å². The minimum Gasteiger partial charge on any atom is -0.308 e. The maximum atomic E-state index is 3.53. The lowest BCUT2D eigenvalue weighted by molar-refractivity contribution is 0.424. The van der Waals surface area contributed by atoms with Crippen molar-refractivity contribution in [3.8, 4) is 0 Å². The van der Waals surface area contributed by atoms with Crippen molar-refractivity contribution < 1.29 is 0 Å². The van der Waals surface area contributed by atoms with Gasteiger partial charge in [-0.05, 0) is 69.2 Å². The maximum absolute atomic E-state index is 3.53. The van der Waals surface area contributed by atoms with Crippen LogP contribution in [0.1, 0.15) is 31.9 Å². The van der Waals surface area contributed by atoms with Crippen molar-refractivity contribution in [1.82, 2.24) is 5.32 Å². The highest BCUT2D eigenvalue weighted by molar-refractivity contribution is 9.10. The van der Waals surface area contributed by atoms with Crippen LogP contribution in [-0.2, 0) is 6.54 Å². The molecule has 2 aromatic rings. The lowest BCUT2D eigenvalue weighted by Crippen LogP contribution is -2.35. The molecule has 0 aliphatic carbocycles. The second kappa shape index (κ2) is 6.99. The Morgan fingerprint density at radius 2 is 1.71 bits per heavy atom. The first-order chi connectivity index (χ1) is 9.83. The molecule has 0 heterocycles. The van der Waals surface area contributed by atoms with Crippen molar-refractivity contribution in [1.29, 1.82) is 0 Å². The minimum absolute atomic E-state index is 0.152. The van der Waals surface area contributed by atoms with Gasteiger partial charge in [-0.2, -0.15) is 0 Å². The highest BCUT2D eigenvalue weighted by Gasteiger charge is 2.09. The smallest absolute Gasteiger partial charge is 0.0210 e. The molecule has 0 unspecified atom stereocenters. The maximum Gasteiger partial charge on any atom is 0.0210 e. The fraction of sp³-hybridized carbons (Fsp3) is 0.333. The molecule has 0 atom stereocenters. The Labute approximate surface area is 140 Å². The quantitative estimate of drug-likeness (QED) is 0.736. The molecule has 21 heavy (non-hydrogen) atoms. The van der Waals surface area contributed by atoms with Crippen LogP contribution < -0.4 is 5.32 Å². The highest BCUT2D eigenvalue weighted by atomic mass is 79.9. The van der Waals surface area contributed by atoms with Crippen molar-refractivity contribution in [2.75, 3.05) is 0 Å². The summed E-state index contributed by atoms with van der Waals surface area (Å²) in [6.07, 6.45) is 0. The molecule has 3 heteroatoms. The van der Waals surface area contributed by atoms with E-state index in [0.717, 1.165) is 11.0 Å². The van der Waals surface area contributed by atoms with Crippen molar-refractivity contribution in [2.24, 2.45) is 0 Å². The summed E-state index contributed by atoms with van der Waals surface area (Å²) in [5.74, 6) is 0. The Morgan fingerprint density at radius 3 is 2.29 bits per heavy atom. The van der Waals surface area contributed by atoms with Crippen molar-refractivity contribution >= 4 is 27.7 Å². The largest absolute Gasteiger partial charge is 0.308 e. The van der Waals surface area contributed by atoms with Gasteiger partial charge in [0.25, 0.3) is 0 Å². The number of hydrogen-bond acceptors (Lipinski definition) is 2. The Hall–Kier alpha value is -0.770. The number of nitrogens with one attached hydrogen (secondary N) is 1. The average Bonchev–Trinajstić information content (AvgIpc) is 2.41. The van der Waals surface area contributed by atoms with Gasteiger partial charge in [-0.15, -0.1) is 0 Å². The van der Waals surface area contributed by atoms with E-state index in [9.17, 15) is 0 Å². The SMILES string of the molecule is Cc1cc(CNC(C)(C)C)ccc1Sc1ccc(Br)cc1. The number of benzene rings is 2. The molecule has 0 saturated carbocycles. The lowest BCUT2D eigenvalue weighted by atomic mass is 10.1. The number of aryl methyl sites for hydroxylation is 1. The van der Waals surface area contributed by atoms with E-state index in [1.165, 1.54) is 20.9 Å². The summed E-state index contributed by atoms with van der Waals surface area (Å²) in [5, 5.41) is 3.53. The van der Waals surface area contributed by atoms with Crippen molar-refractivity contribution in [3.63, 3.8) is 0 Å². The molecule has 0 bridgehead atoms. The third-order valence-corrected chi connectivity index (χ3v) is 4.82. The zero-order valence-corrected chi connectivity index (χ0v) is 15.4. The van der Waals surface area contributed by atoms with Gasteiger partial charge in [0, 0.05) is 26.3 Å². The van der Waals surface area contributed by atoms with Gasteiger partial charge < -0.3 is 5.32 Å².